The normalized spacial score (nSPS) is 21.7. The Hall–Kier alpha value is -1.70. The summed E-state index contributed by atoms with van der Waals surface area (Å²) in [5, 5.41) is 18.3. The van der Waals surface area contributed by atoms with E-state index in [2.05, 4.69) is 15.5 Å². The van der Waals surface area contributed by atoms with Crippen molar-refractivity contribution < 1.29 is 18.3 Å². The first-order chi connectivity index (χ1) is 8.49. The molecule has 1 aliphatic heterocycles. The molecule has 98 valence electrons. The van der Waals surface area contributed by atoms with Crippen molar-refractivity contribution in [2.24, 2.45) is 0 Å². The molecule has 1 unspecified atom stereocenters. The Morgan fingerprint density at radius 1 is 1.44 bits per heavy atom. The molecule has 1 atom stereocenters. The molecule has 18 heavy (non-hydrogen) atoms. The monoisotopic (exact) mass is 271 g/mol. The van der Waals surface area contributed by atoms with Crippen molar-refractivity contribution in [3.8, 4) is 0 Å². The number of nitrogens with one attached hydrogen (secondary N) is 1. The van der Waals surface area contributed by atoms with E-state index in [9.17, 15) is 13.2 Å². The predicted octanol–water partition coefficient (Wildman–Crippen LogP) is 0.164. The maximum absolute atomic E-state index is 11.6. The summed E-state index contributed by atoms with van der Waals surface area (Å²) >= 11 is 0. The third-order valence-electron chi connectivity index (χ3n) is 2.86. The highest BCUT2D eigenvalue weighted by Crippen LogP contribution is 2.20. The molecule has 1 aromatic heterocycles. The molecule has 0 aromatic carbocycles. The average Bonchev–Trinajstić information content (AvgIpc) is 2.66. The number of hydrogen-bond acceptors (Lipinski definition) is 6. The molecular weight excluding hydrogens is 258 g/mol. The highest BCUT2D eigenvalue weighted by molar-refractivity contribution is 7.92. The fourth-order valence-corrected chi connectivity index (χ4v) is 3.61. The first-order valence-electron chi connectivity index (χ1n) is 5.51. The number of hydrogen-bond donors (Lipinski definition) is 2. The first-order valence-corrected chi connectivity index (χ1v) is 7.23. The van der Waals surface area contributed by atoms with E-state index < -0.39 is 21.1 Å². The van der Waals surface area contributed by atoms with Crippen molar-refractivity contribution >= 4 is 21.6 Å². The van der Waals surface area contributed by atoms with E-state index in [-0.39, 0.29) is 18.0 Å². The fraction of sp³-hybridized carbons (Fsp3) is 0.500. The van der Waals surface area contributed by atoms with Gasteiger partial charge in [0.2, 0.25) is 0 Å². The van der Waals surface area contributed by atoms with Crippen molar-refractivity contribution in [2.45, 2.75) is 18.1 Å². The van der Waals surface area contributed by atoms with Crippen molar-refractivity contribution in [1.82, 2.24) is 10.2 Å². The summed E-state index contributed by atoms with van der Waals surface area (Å²) in [7, 11) is -2.98. The molecule has 2 rings (SSSR count). The zero-order valence-corrected chi connectivity index (χ0v) is 10.4. The minimum atomic E-state index is -2.98. The molecule has 2 N–H and O–H groups in total. The number of carboxylic acids is 1. The standard InChI is InChI=1S/C10H13N3O4S/c14-10(15)8-3-4-9(13-12-8)11-6-7-2-1-5-18(7,16)17/h3-4,7H,1-2,5-6H2,(H,11,13)(H,14,15). The Balaban J connectivity index is 1.96. The molecule has 0 radical (unpaired) electrons. The molecule has 0 amide bonds. The van der Waals surface area contributed by atoms with Crippen LogP contribution in [0.15, 0.2) is 12.1 Å². The number of sulfone groups is 1. The van der Waals surface area contributed by atoms with Gasteiger partial charge in [0, 0.05) is 6.54 Å². The van der Waals surface area contributed by atoms with Crippen LogP contribution in [0.4, 0.5) is 5.82 Å². The summed E-state index contributed by atoms with van der Waals surface area (Å²) in [6.45, 7) is 0.281. The highest BCUT2D eigenvalue weighted by Gasteiger charge is 2.30. The van der Waals surface area contributed by atoms with Crippen LogP contribution < -0.4 is 5.32 Å². The van der Waals surface area contributed by atoms with Gasteiger partial charge < -0.3 is 10.4 Å². The van der Waals surface area contributed by atoms with Crippen LogP contribution in [0.2, 0.25) is 0 Å². The zero-order valence-electron chi connectivity index (χ0n) is 9.54. The second kappa shape index (κ2) is 4.89. The Bertz CT molecular complexity index is 541. The number of aromatic nitrogens is 2. The van der Waals surface area contributed by atoms with Crippen molar-refractivity contribution in [2.75, 3.05) is 17.6 Å². The Labute approximate surface area is 104 Å². The van der Waals surface area contributed by atoms with Gasteiger partial charge in [-0.2, -0.15) is 0 Å². The highest BCUT2D eigenvalue weighted by atomic mass is 32.2. The van der Waals surface area contributed by atoms with E-state index in [0.717, 1.165) is 0 Å². The molecule has 8 heteroatoms. The van der Waals surface area contributed by atoms with E-state index in [1.54, 1.807) is 0 Å². The summed E-state index contributed by atoms with van der Waals surface area (Å²) < 4.78 is 23.1. The lowest BCUT2D eigenvalue weighted by atomic mass is 10.2. The first kappa shape index (κ1) is 12.7. The number of aromatic carboxylic acids is 1. The summed E-state index contributed by atoms with van der Waals surface area (Å²) in [5.41, 5.74) is -0.144. The second-order valence-electron chi connectivity index (χ2n) is 4.12. The van der Waals surface area contributed by atoms with Crippen LogP contribution in [0.25, 0.3) is 0 Å². The van der Waals surface area contributed by atoms with Crippen LogP contribution in [-0.4, -0.2) is 47.2 Å². The third-order valence-corrected chi connectivity index (χ3v) is 5.13. The lowest BCUT2D eigenvalue weighted by molar-refractivity contribution is 0.0689. The van der Waals surface area contributed by atoms with Crippen LogP contribution >= 0.6 is 0 Å². The van der Waals surface area contributed by atoms with Gasteiger partial charge in [-0.15, -0.1) is 10.2 Å². The van der Waals surface area contributed by atoms with Gasteiger partial charge in [0.05, 0.1) is 11.0 Å². The number of anilines is 1. The fourth-order valence-electron chi connectivity index (χ4n) is 1.85. The summed E-state index contributed by atoms with van der Waals surface area (Å²) in [6.07, 6.45) is 1.34. The lowest BCUT2D eigenvalue weighted by Gasteiger charge is -2.10. The largest absolute Gasteiger partial charge is 0.476 e. The van der Waals surface area contributed by atoms with Gasteiger partial charge >= 0.3 is 5.97 Å². The van der Waals surface area contributed by atoms with Gasteiger partial charge in [0.25, 0.3) is 0 Å². The van der Waals surface area contributed by atoms with Crippen molar-refractivity contribution in [1.29, 1.82) is 0 Å². The lowest BCUT2D eigenvalue weighted by Crippen LogP contribution is -2.25. The molecule has 7 nitrogen and oxygen atoms in total. The molecule has 0 aliphatic carbocycles. The zero-order chi connectivity index (χ0) is 13.2. The van der Waals surface area contributed by atoms with Gasteiger partial charge in [-0.1, -0.05) is 0 Å². The number of nitrogens with zero attached hydrogens (tertiary/aromatic N) is 2. The van der Waals surface area contributed by atoms with Gasteiger partial charge in [-0.25, -0.2) is 13.2 Å². The summed E-state index contributed by atoms with van der Waals surface area (Å²) in [5.74, 6) is -0.530. The van der Waals surface area contributed by atoms with E-state index >= 15 is 0 Å². The topological polar surface area (TPSA) is 109 Å². The van der Waals surface area contributed by atoms with Crippen LogP contribution in [0, 0.1) is 0 Å². The van der Waals surface area contributed by atoms with E-state index in [0.29, 0.717) is 18.7 Å². The van der Waals surface area contributed by atoms with E-state index in [4.69, 9.17) is 5.11 Å². The smallest absolute Gasteiger partial charge is 0.356 e. The second-order valence-corrected chi connectivity index (χ2v) is 6.52. The molecule has 0 saturated carbocycles. The minimum Gasteiger partial charge on any atom is -0.476 e. The van der Waals surface area contributed by atoms with Gasteiger partial charge in [0.15, 0.2) is 15.5 Å². The van der Waals surface area contributed by atoms with Crippen LogP contribution in [0.5, 0.6) is 0 Å². The molecule has 0 bridgehead atoms. The minimum absolute atomic E-state index is 0.144. The average molecular weight is 271 g/mol. The summed E-state index contributed by atoms with van der Waals surface area (Å²) in [4.78, 5) is 10.6. The molecule has 2 heterocycles. The SMILES string of the molecule is O=C(O)c1ccc(NCC2CCCS2(=O)=O)nn1. The van der Waals surface area contributed by atoms with Gasteiger partial charge in [-0.3, -0.25) is 0 Å². The van der Waals surface area contributed by atoms with Crippen LogP contribution in [-0.2, 0) is 9.84 Å². The van der Waals surface area contributed by atoms with E-state index in [1.807, 2.05) is 0 Å². The molecule has 1 fully saturated rings. The Kier molecular flexibility index (Phi) is 3.46. The Morgan fingerprint density at radius 3 is 2.72 bits per heavy atom. The summed E-state index contributed by atoms with van der Waals surface area (Å²) in [6, 6.07) is 2.79. The van der Waals surface area contributed by atoms with Crippen LogP contribution in [0.3, 0.4) is 0 Å². The van der Waals surface area contributed by atoms with E-state index in [1.165, 1.54) is 12.1 Å². The predicted molar refractivity (Wildman–Crippen MR) is 64.3 cm³/mol. The Morgan fingerprint density at radius 2 is 2.22 bits per heavy atom. The van der Waals surface area contributed by atoms with Crippen LogP contribution in [0.1, 0.15) is 23.3 Å². The maximum atomic E-state index is 11.6. The molecule has 0 spiro atoms. The van der Waals surface area contributed by atoms with Crippen molar-refractivity contribution in [3.63, 3.8) is 0 Å². The van der Waals surface area contributed by atoms with Gasteiger partial charge in [-0.05, 0) is 25.0 Å². The molecule has 1 aliphatic rings. The van der Waals surface area contributed by atoms with Crippen molar-refractivity contribution in [3.05, 3.63) is 17.8 Å². The maximum Gasteiger partial charge on any atom is 0.356 e. The quantitative estimate of drug-likeness (QED) is 0.802. The van der Waals surface area contributed by atoms with Gasteiger partial charge in [0.1, 0.15) is 5.82 Å². The molecule has 1 saturated heterocycles. The molecule has 1 aromatic rings. The number of rotatable bonds is 4. The third kappa shape index (κ3) is 2.76. The molecular formula is C10H13N3O4S. The number of carbonyl (C=O) groups is 1. The number of carboxylic acid groups (broad SMARTS) is 1.